The minimum absolute atomic E-state index is 0.294. The van der Waals surface area contributed by atoms with Crippen molar-refractivity contribution >= 4 is 0 Å². The first-order valence-corrected chi connectivity index (χ1v) is 5.72. The van der Waals surface area contributed by atoms with Crippen LogP contribution in [-0.4, -0.2) is 23.6 Å². The Bertz CT molecular complexity index is 373. The van der Waals surface area contributed by atoms with Crippen LogP contribution in [0.2, 0.25) is 0 Å². The van der Waals surface area contributed by atoms with Gasteiger partial charge in [0.25, 0.3) is 0 Å². The molecule has 0 amide bonds. The molecule has 1 rings (SSSR count). The molecule has 0 aromatic heterocycles. The number of rotatable bonds is 3. The normalized spacial score (nSPS) is 29.6. The molecule has 0 radical (unpaired) electrons. The molecule has 0 aliphatic heterocycles. The van der Waals surface area contributed by atoms with Crippen LogP contribution in [0.25, 0.3) is 0 Å². The van der Waals surface area contributed by atoms with Gasteiger partial charge in [-0.25, -0.2) is 0 Å². The van der Waals surface area contributed by atoms with Gasteiger partial charge in [0.1, 0.15) is 5.76 Å². The number of ether oxygens (including phenoxy) is 1. The SMILES string of the molecule is COC1=C/C=C(C)/C(C(C)C(O)O)=C\C\C=C\1. The molecule has 0 heterocycles. The molecule has 2 N–H and O–H groups in total. The Morgan fingerprint density at radius 1 is 1.29 bits per heavy atom. The number of allylic oxidation sites excluding steroid dienone is 6. The van der Waals surface area contributed by atoms with Crippen molar-refractivity contribution in [3.63, 3.8) is 0 Å². The van der Waals surface area contributed by atoms with Crippen LogP contribution in [0.1, 0.15) is 20.3 Å². The molecular weight excluding hydrogens is 216 g/mol. The number of hydrogen-bond acceptors (Lipinski definition) is 3. The summed E-state index contributed by atoms with van der Waals surface area (Å²) in [5, 5.41) is 18.5. The predicted molar refractivity (Wildman–Crippen MR) is 68.1 cm³/mol. The highest BCUT2D eigenvalue weighted by Crippen LogP contribution is 2.23. The highest BCUT2D eigenvalue weighted by Gasteiger charge is 2.16. The van der Waals surface area contributed by atoms with Gasteiger partial charge in [0.05, 0.1) is 7.11 Å². The van der Waals surface area contributed by atoms with E-state index in [1.807, 2.05) is 37.3 Å². The molecule has 17 heavy (non-hydrogen) atoms. The van der Waals surface area contributed by atoms with E-state index in [0.29, 0.717) is 0 Å². The third-order valence-corrected chi connectivity index (χ3v) is 2.88. The predicted octanol–water partition coefficient (Wildman–Crippen LogP) is 2.30. The summed E-state index contributed by atoms with van der Waals surface area (Å²) < 4.78 is 5.18. The summed E-state index contributed by atoms with van der Waals surface area (Å²) in [4.78, 5) is 0. The quantitative estimate of drug-likeness (QED) is 0.739. The van der Waals surface area contributed by atoms with Crippen LogP contribution >= 0.6 is 0 Å². The monoisotopic (exact) mass is 236 g/mol. The van der Waals surface area contributed by atoms with Gasteiger partial charge < -0.3 is 14.9 Å². The van der Waals surface area contributed by atoms with Gasteiger partial charge in [-0.05, 0) is 36.6 Å². The number of aliphatic hydroxyl groups excluding tert-OH is 1. The van der Waals surface area contributed by atoms with Gasteiger partial charge in [-0.3, -0.25) is 0 Å². The summed E-state index contributed by atoms with van der Waals surface area (Å²) in [6.45, 7) is 3.76. The molecule has 0 aromatic rings. The van der Waals surface area contributed by atoms with E-state index in [4.69, 9.17) is 4.74 Å². The molecule has 0 fully saturated rings. The van der Waals surface area contributed by atoms with Crippen LogP contribution < -0.4 is 0 Å². The standard InChI is InChI=1S/C14H20O3/c1-10-8-9-12(17-3)6-4-5-7-13(10)11(2)14(15)16/h4,6-9,11,14-16H,5H2,1-3H3/b6-4+,10-8+,12-9+,13-7+. The summed E-state index contributed by atoms with van der Waals surface area (Å²) >= 11 is 0. The van der Waals surface area contributed by atoms with Gasteiger partial charge in [-0.1, -0.05) is 25.2 Å². The van der Waals surface area contributed by atoms with Crippen molar-refractivity contribution in [1.29, 1.82) is 0 Å². The lowest BCUT2D eigenvalue weighted by Crippen LogP contribution is -2.19. The second-order valence-corrected chi connectivity index (χ2v) is 4.12. The Morgan fingerprint density at radius 2 is 2.00 bits per heavy atom. The van der Waals surface area contributed by atoms with E-state index in [1.54, 1.807) is 14.0 Å². The van der Waals surface area contributed by atoms with Gasteiger partial charge in [0, 0.05) is 5.92 Å². The molecule has 1 aliphatic rings. The minimum atomic E-state index is -1.33. The maximum Gasteiger partial charge on any atom is 0.158 e. The van der Waals surface area contributed by atoms with Crippen LogP contribution in [0.15, 0.2) is 47.3 Å². The molecule has 3 nitrogen and oxygen atoms in total. The molecule has 0 bridgehead atoms. The maximum atomic E-state index is 9.25. The van der Waals surface area contributed by atoms with Crippen molar-refractivity contribution in [1.82, 2.24) is 0 Å². The van der Waals surface area contributed by atoms with Gasteiger partial charge in [-0.2, -0.15) is 0 Å². The second-order valence-electron chi connectivity index (χ2n) is 4.12. The Kier molecular flexibility index (Phi) is 5.19. The largest absolute Gasteiger partial charge is 0.497 e. The molecule has 0 saturated heterocycles. The fourth-order valence-corrected chi connectivity index (χ4v) is 1.74. The maximum absolute atomic E-state index is 9.25. The van der Waals surface area contributed by atoms with Crippen molar-refractivity contribution in [2.24, 2.45) is 5.92 Å². The average Bonchev–Trinajstić information content (AvgIpc) is 2.39. The van der Waals surface area contributed by atoms with E-state index in [0.717, 1.165) is 23.3 Å². The van der Waals surface area contributed by atoms with Crippen LogP contribution in [0.3, 0.4) is 0 Å². The molecule has 1 unspecified atom stereocenters. The zero-order chi connectivity index (χ0) is 12.8. The highest BCUT2D eigenvalue weighted by atomic mass is 16.5. The van der Waals surface area contributed by atoms with Crippen LogP contribution in [0, 0.1) is 5.92 Å². The fourth-order valence-electron chi connectivity index (χ4n) is 1.74. The van der Waals surface area contributed by atoms with Gasteiger partial charge >= 0.3 is 0 Å². The smallest absolute Gasteiger partial charge is 0.158 e. The van der Waals surface area contributed by atoms with Gasteiger partial charge in [0.15, 0.2) is 6.29 Å². The third kappa shape index (κ3) is 3.88. The van der Waals surface area contributed by atoms with Crippen molar-refractivity contribution in [3.05, 3.63) is 47.3 Å². The Hall–Kier alpha value is -1.32. The minimum Gasteiger partial charge on any atom is -0.497 e. The van der Waals surface area contributed by atoms with E-state index in [2.05, 4.69) is 0 Å². The molecule has 0 spiro atoms. The molecule has 0 saturated carbocycles. The molecular formula is C14H20O3. The highest BCUT2D eigenvalue weighted by molar-refractivity contribution is 5.37. The van der Waals surface area contributed by atoms with Crippen LogP contribution in [0.5, 0.6) is 0 Å². The zero-order valence-electron chi connectivity index (χ0n) is 10.6. The summed E-state index contributed by atoms with van der Waals surface area (Å²) in [5.41, 5.74) is 1.97. The third-order valence-electron chi connectivity index (χ3n) is 2.88. The summed E-state index contributed by atoms with van der Waals surface area (Å²) in [7, 11) is 1.63. The van der Waals surface area contributed by atoms with E-state index in [9.17, 15) is 10.2 Å². The molecule has 1 aliphatic carbocycles. The molecule has 1 atom stereocenters. The zero-order valence-corrected chi connectivity index (χ0v) is 10.6. The summed E-state index contributed by atoms with van der Waals surface area (Å²) in [6, 6.07) is 0. The summed E-state index contributed by atoms with van der Waals surface area (Å²) in [5.74, 6) is 0.494. The van der Waals surface area contributed by atoms with Crippen molar-refractivity contribution in [2.75, 3.05) is 7.11 Å². The Labute approximate surface area is 102 Å². The van der Waals surface area contributed by atoms with E-state index < -0.39 is 6.29 Å². The molecule has 3 heteroatoms. The summed E-state index contributed by atoms with van der Waals surface area (Å²) in [6.07, 6.45) is 9.12. The second kappa shape index (κ2) is 6.42. The first kappa shape index (κ1) is 13.7. The lowest BCUT2D eigenvalue weighted by Gasteiger charge is -2.18. The first-order valence-electron chi connectivity index (χ1n) is 5.72. The topological polar surface area (TPSA) is 49.7 Å². The molecule has 94 valence electrons. The Balaban J connectivity index is 3.02. The molecule has 0 aromatic carbocycles. The van der Waals surface area contributed by atoms with E-state index in [-0.39, 0.29) is 5.92 Å². The fraction of sp³-hybridized carbons (Fsp3) is 0.429. The van der Waals surface area contributed by atoms with Crippen LogP contribution in [-0.2, 0) is 4.74 Å². The van der Waals surface area contributed by atoms with Crippen molar-refractivity contribution in [2.45, 2.75) is 26.6 Å². The lowest BCUT2D eigenvalue weighted by molar-refractivity contribution is -0.0676. The Morgan fingerprint density at radius 3 is 2.59 bits per heavy atom. The van der Waals surface area contributed by atoms with Crippen LogP contribution in [0.4, 0.5) is 0 Å². The average molecular weight is 236 g/mol. The van der Waals surface area contributed by atoms with E-state index >= 15 is 0 Å². The van der Waals surface area contributed by atoms with Crippen molar-refractivity contribution < 1.29 is 14.9 Å². The van der Waals surface area contributed by atoms with Gasteiger partial charge in [0.2, 0.25) is 0 Å². The van der Waals surface area contributed by atoms with E-state index in [1.165, 1.54) is 0 Å². The van der Waals surface area contributed by atoms with Gasteiger partial charge in [-0.15, -0.1) is 0 Å². The lowest BCUT2D eigenvalue weighted by atomic mass is 9.93. The first-order chi connectivity index (χ1) is 8.06. The van der Waals surface area contributed by atoms with Crippen molar-refractivity contribution in [3.8, 4) is 0 Å². The number of aliphatic hydroxyl groups is 2. The number of methoxy groups -OCH3 is 1. The number of hydrogen-bond donors (Lipinski definition) is 2.